The van der Waals surface area contributed by atoms with Gasteiger partial charge in [0.1, 0.15) is 13.2 Å². The standard InChI is InChI=1S/C69H124O6/c1-4-7-10-13-16-19-22-24-26-28-30-32-33-34-35-36-38-39-41-43-45-47-50-53-56-59-62-68(71)74-65-66(64-73-67(70)61-58-55-52-49-21-18-15-12-9-6-3)75-69(72)63-60-57-54-51-48-46-44-42-40-37-31-29-27-25-23-20-17-14-11-8-5-2/h8,11,17,20,25,27,31,37,42,44,66H,4-7,9-10,12-16,18-19,21-24,26,28-30,32-36,38-41,43,45-65H2,1-3H3/b11-8-,20-17-,27-25-,37-31-,44-42-. The average molecular weight is 1050 g/mol. The van der Waals surface area contributed by atoms with E-state index in [0.717, 1.165) is 109 Å². The van der Waals surface area contributed by atoms with Gasteiger partial charge in [0.25, 0.3) is 0 Å². The lowest BCUT2D eigenvalue weighted by atomic mass is 10.0. The van der Waals surface area contributed by atoms with Crippen LogP contribution in [-0.4, -0.2) is 37.2 Å². The zero-order valence-electron chi connectivity index (χ0n) is 50.1. The van der Waals surface area contributed by atoms with Crippen molar-refractivity contribution in [2.45, 2.75) is 348 Å². The van der Waals surface area contributed by atoms with E-state index in [-0.39, 0.29) is 31.1 Å². The summed E-state index contributed by atoms with van der Waals surface area (Å²) in [6, 6.07) is 0. The molecule has 0 aliphatic rings. The van der Waals surface area contributed by atoms with Crippen LogP contribution in [0, 0.1) is 0 Å². The molecule has 0 saturated heterocycles. The monoisotopic (exact) mass is 1050 g/mol. The first-order chi connectivity index (χ1) is 37.0. The van der Waals surface area contributed by atoms with Gasteiger partial charge in [0.2, 0.25) is 0 Å². The Kier molecular flexibility index (Phi) is 61.2. The molecule has 1 atom stereocenters. The van der Waals surface area contributed by atoms with Gasteiger partial charge in [0.15, 0.2) is 6.10 Å². The van der Waals surface area contributed by atoms with E-state index < -0.39 is 6.10 Å². The Balaban J connectivity index is 4.21. The maximum absolute atomic E-state index is 12.9. The molecule has 0 aliphatic heterocycles. The SMILES string of the molecule is CC/C=C\C/C=C\C/C=C\C/C=C\C/C=C\CCCCCCCC(=O)OC(COC(=O)CCCCCCCCCCCC)COC(=O)CCCCCCCCCCCCCCCCCCCCCCCCCCCC. The lowest BCUT2D eigenvalue weighted by Gasteiger charge is -2.18. The quantitative estimate of drug-likeness (QED) is 0.0261. The van der Waals surface area contributed by atoms with Crippen LogP contribution < -0.4 is 0 Å². The molecule has 0 saturated carbocycles. The van der Waals surface area contributed by atoms with E-state index in [0.29, 0.717) is 19.3 Å². The van der Waals surface area contributed by atoms with E-state index in [9.17, 15) is 14.4 Å². The second kappa shape index (κ2) is 63.6. The summed E-state index contributed by atoms with van der Waals surface area (Å²) in [6.45, 7) is 6.55. The largest absolute Gasteiger partial charge is 0.462 e. The van der Waals surface area contributed by atoms with Crippen LogP contribution in [0.4, 0.5) is 0 Å². The molecular formula is C69H124O6. The predicted octanol–water partition coefficient (Wildman–Crippen LogP) is 22.3. The van der Waals surface area contributed by atoms with Gasteiger partial charge in [0.05, 0.1) is 0 Å². The number of rotatable bonds is 60. The van der Waals surface area contributed by atoms with Crippen molar-refractivity contribution in [3.63, 3.8) is 0 Å². The molecule has 0 aromatic carbocycles. The molecule has 0 spiro atoms. The van der Waals surface area contributed by atoms with E-state index in [4.69, 9.17) is 14.2 Å². The summed E-state index contributed by atoms with van der Waals surface area (Å²) in [4.78, 5) is 38.2. The van der Waals surface area contributed by atoms with Crippen molar-refractivity contribution in [1.29, 1.82) is 0 Å². The van der Waals surface area contributed by atoms with Gasteiger partial charge in [-0.25, -0.2) is 0 Å². The molecule has 0 bridgehead atoms. The Morgan fingerprint density at radius 3 is 0.813 bits per heavy atom. The van der Waals surface area contributed by atoms with Gasteiger partial charge in [-0.05, 0) is 64.2 Å². The molecule has 6 heteroatoms. The minimum Gasteiger partial charge on any atom is -0.462 e. The maximum atomic E-state index is 12.9. The fraction of sp³-hybridized carbons (Fsp3) is 0.812. The first kappa shape index (κ1) is 72.1. The van der Waals surface area contributed by atoms with Crippen molar-refractivity contribution < 1.29 is 28.6 Å². The van der Waals surface area contributed by atoms with Crippen molar-refractivity contribution in [1.82, 2.24) is 0 Å². The Morgan fingerprint density at radius 2 is 0.520 bits per heavy atom. The van der Waals surface area contributed by atoms with E-state index >= 15 is 0 Å². The fourth-order valence-corrected chi connectivity index (χ4v) is 9.65. The lowest BCUT2D eigenvalue weighted by Crippen LogP contribution is -2.30. The Labute approximate surface area is 466 Å². The smallest absolute Gasteiger partial charge is 0.306 e. The zero-order chi connectivity index (χ0) is 54.3. The topological polar surface area (TPSA) is 78.9 Å². The molecule has 0 aliphatic carbocycles. The van der Waals surface area contributed by atoms with Gasteiger partial charge in [-0.1, -0.05) is 319 Å². The van der Waals surface area contributed by atoms with E-state index in [2.05, 4.69) is 81.5 Å². The van der Waals surface area contributed by atoms with Crippen LogP contribution in [0.3, 0.4) is 0 Å². The second-order valence-electron chi connectivity index (χ2n) is 22.0. The first-order valence-electron chi connectivity index (χ1n) is 32.8. The summed E-state index contributed by atoms with van der Waals surface area (Å²) >= 11 is 0. The average Bonchev–Trinajstić information content (AvgIpc) is 3.41. The molecule has 0 N–H and O–H groups in total. The number of ether oxygens (including phenoxy) is 3. The highest BCUT2D eigenvalue weighted by atomic mass is 16.6. The van der Waals surface area contributed by atoms with Crippen LogP contribution in [0.25, 0.3) is 0 Å². The number of allylic oxidation sites excluding steroid dienone is 10. The van der Waals surface area contributed by atoms with Crippen LogP contribution in [0.15, 0.2) is 60.8 Å². The van der Waals surface area contributed by atoms with E-state index in [1.807, 2.05) is 0 Å². The maximum Gasteiger partial charge on any atom is 0.306 e. The molecule has 0 heterocycles. The van der Waals surface area contributed by atoms with Gasteiger partial charge < -0.3 is 14.2 Å². The van der Waals surface area contributed by atoms with Crippen molar-refractivity contribution in [2.75, 3.05) is 13.2 Å². The highest BCUT2D eigenvalue weighted by molar-refractivity contribution is 5.71. The third kappa shape index (κ3) is 61.8. The molecule has 0 amide bonds. The summed E-state index contributed by atoms with van der Waals surface area (Å²) in [6.07, 6.45) is 81.0. The predicted molar refractivity (Wildman–Crippen MR) is 325 cm³/mol. The number of esters is 3. The summed E-state index contributed by atoms with van der Waals surface area (Å²) in [7, 11) is 0. The van der Waals surface area contributed by atoms with Gasteiger partial charge in [-0.15, -0.1) is 0 Å². The van der Waals surface area contributed by atoms with Crippen molar-refractivity contribution in [3.05, 3.63) is 60.8 Å². The second-order valence-corrected chi connectivity index (χ2v) is 22.0. The third-order valence-corrected chi connectivity index (χ3v) is 14.5. The minimum atomic E-state index is -0.782. The molecule has 0 aromatic rings. The number of carbonyl (C=O) groups excluding carboxylic acids is 3. The van der Waals surface area contributed by atoms with Crippen LogP contribution in [-0.2, 0) is 28.6 Å². The molecule has 0 aromatic heterocycles. The zero-order valence-corrected chi connectivity index (χ0v) is 50.1. The molecule has 0 rings (SSSR count). The molecule has 0 fully saturated rings. The van der Waals surface area contributed by atoms with Gasteiger partial charge in [-0.2, -0.15) is 0 Å². The molecule has 1 unspecified atom stereocenters. The Hall–Kier alpha value is -2.89. The van der Waals surface area contributed by atoms with E-state index in [1.165, 1.54) is 193 Å². The van der Waals surface area contributed by atoms with Gasteiger partial charge >= 0.3 is 17.9 Å². The minimum absolute atomic E-state index is 0.0780. The summed E-state index contributed by atoms with van der Waals surface area (Å²) in [5, 5.41) is 0. The van der Waals surface area contributed by atoms with E-state index in [1.54, 1.807) is 0 Å². The van der Waals surface area contributed by atoms with Crippen LogP contribution in [0.2, 0.25) is 0 Å². The summed E-state index contributed by atoms with van der Waals surface area (Å²) in [5.41, 5.74) is 0. The van der Waals surface area contributed by atoms with Crippen LogP contribution in [0.5, 0.6) is 0 Å². The summed E-state index contributed by atoms with van der Waals surface area (Å²) < 4.78 is 16.9. The van der Waals surface area contributed by atoms with Crippen molar-refractivity contribution >= 4 is 17.9 Å². The third-order valence-electron chi connectivity index (χ3n) is 14.5. The molecule has 6 nitrogen and oxygen atoms in total. The van der Waals surface area contributed by atoms with Crippen LogP contribution in [0.1, 0.15) is 342 Å². The van der Waals surface area contributed by atoms with Crippen molar-refractivity contribution in [2.24, 2.45) is 0 Å². The Morgan fingerprint density at radius 1 is 0.280 bits per heavy atom. The number of hydrogen-bond donors (Lipinski definition) is 0. The number of unbranched alkanes of at least 4 members (excludes halogenated alkanes) is 39. The summed E-state index contributed by atoms with van der Waals surface area (Å²) in [5.74, 6) is -0.880. The first-order valence-corrected chi connectivity index (χ1v) is 32.8. The molecular weight excluding hydrogens is 925 g/mol. The number of carbonyl (C=O) groups is 3. The lowest BCUT2D eigenvalue weighted by molar-refractivity contribution is -0.167. The molecule has 75 heavy (non-hydrogen) atoms. The molecule has 436 valence electrons. The fourth-order valence-electron chi connectivity index (χ4n) is 9.65. The van der Waals surface area contributed by atoms with Crippen molar-refractivity contribution in [3.8, 4) is 0 Å². The van der Waals surface area contributed by atoms with Gasteiger partial charge in [-0.3, -0.25) is 14.4 Å². The normalized spacial score (nSPS) is 12.4. The highest BCUT2D eigenvalue weighted by Gasteiger charge is 2.19. The number of hydrogen-bond acceptors (Lipinski definition) is 6. The molecule has 0 radical (unpaired) electrons. The van der Waals surface area contributed by atoms with Crippen LogP contribution >= 0.6 is 0 Å². The van der Waals surface area contributed by atoms with Gasteiger partial charge in [0, 0.05) is 19.3 Å². The highest BCUT2D eigenvalue weighted by Crippen LogP contribution is 2.18. The Bertz CT molecular complexity index is 1340.